The fraction of sp³-hybridized carbons (Fsp3) is 0.111. The standard InChI is InChI=1S/C18H16N2O/c1-13-6-8-17(9-7-13)20-18(21)16(12-19)11-15-5-3-4-14(2)10-15/h3-11H,1-2H3,(H,20,21)/b16-11+. The van der Waals surface area contributed by atoms with Crippen LogP contribution in [-0.2, 0) is 4.79 Å². The minimum absolute atomic E-state index is 0.0844. The molecule has 3 nitrogen and oxygen atoms in total. The fourth-order valence-electron chi connectivity index (χ4n) is 1.91. The van der Waals surface area contributed by atoms with Crippen LogP contribution in [0.5, 0.6) is 0 Å². The number of benzene rings is 2. The molecular formula is C18H16N2O. The van der Waals surface area contributed by atoms with Crippen LogP contribution >= 0.6 is 0 Å². The first-order valence-corrected chi connectivity index (χ1v) is 6.65. The summed E-state index contributed by atoms with van der Waals surface area (Å²) in [6.45, 7) is 3.94. The number of carbonyl (C=O) groups excluding carboxylic acids is 1. The number of anilines is 1. The Morgan fingerprint density at radius 2 is 1.81 bits per heavy atom. The van der Waals surface area contributed by atoms with Gasteiger partial charge in [-0.1, -0.05) is 47.5 Å². The second-order valence-corrected chi connectivity index (χ2v) is 4.90. The molecule has 0 heterocycles. The number of hydrogen-bond donors (Lipinski definition) is 1. The number of aryl methyl sites for hydroxylation is 2. The summed E-state index contributed by atoms with van der Waals surface area (Å²) in [7, 11) is 0. The van der Waals surface area contributed by atoms with E-state index in [0.717, 1.165) is 16.7 Å². The molecule has 0 atom stereocenters. The Kier molecular flexibility index (Phi) is 4.53. The van der Waals surface area contributed by atoms with Crippen molar-refractivity contribution in [3.8, 4) is 6.07 Å². The highest BCUT2D eigenvalue weighted by atomic mass is 16.1. The molecule has 0 aliphatic rings. The number of nitrogens with zero attached hydrogens (tertiary/aromatic N) is 1. The van der Waals surface area contributed by atoms with E-state index in [1.165, 1.54) is 0 Å². The van der Waals surface area contributed by atoms with Gasteiger partial charge in [-0.2, -0.15) is 5.26 Å². The molecule has 0 bridgehead atoms. The van der Waals surface area contributed by atoms with Crippen LogP contribution in [0.2, 0.25) is 0 Å². The molecular weight excluding hydrogens is 260 g/mol. The van der Waals surface area contributed by atoms with Crippen molar-refractivity contribution in [2.45, 2.75) is 13.8 Å². The highest BCUT2D eigenvalue weighted by Crippen LogP contribution is 2.13. The Hall–Kier alpha value is -2.86. The van der Waals surface area contributed by atoms with Crippen LogP contribution in [0, 0.1) is 25.2 Å². The van der Waals surface area contributed by atoms with Gasteiger partial charge in [-0.15, -0.1) is 0 Å². The van der Waals surface area contributed by atoms with Crippen LogP contribution in [0.15, 0.2) is 54.1 Å². The lowest BCUT2D eigenvalue weighted by Crippen LogP contribution is -2.13. The summed E-state index contributed by atoms with van der Waals surface area (Å²) in [6, 6.07) is 17.1. The van der Waals surface area contributed by atoms with Gasteiger partial charge in [0.1, 0.15) is 11.6 Å². The van der Waals surface area contributed by atoms with Gasteiger partial charge in [0.2, 0.25) is 0 Å². The molecule has 0 spiro atoms. The van der Waals surface area contributed by atoms with Crippen LogP contribution in [0.4, 0.5) is 5.69 Å². The lowest BCUT2D eigenvalue weighted by Gasteiger charge is -2.05. The lowest BCUT2D eigenvalue weighted by molar-refractivity contribution is -0.112. The smallest absolute Gasteiger partial charge is 0.266 e. The Morgan fingerprint density at radius 1 is 1.10 bits per heavy atom. The third-order valence-electron chi connectivity index (χ3n) is 3.03. The number of rotatable bonds is 3. The quantitative estimate of drug-likeness (QED) is 0.684. The van der Waals surface area contributed by atoms with E-state index in [4.69, 9.17) is 0 Å². The minimum atomic E-state index is -0.400. The second kappa shape index (κ2) is 6.53. The number of nitrogens with one attached hydrogen (secondary N) is 1. The average molecular weight is 276 g/mol. The number of carbonyl (C=O) groups is 1. The molecule has 0 radical (unpaired) electrons. The molecule has 2 aromatic carbocycles. The van der Waals surface area contributed by atoms with Crippen molar-refractivity contribution in [2.75, 3.05) is 5.32 Å². The van der Waals surface area contributed by atoms with Gasteiger partial charge in [0.25, 0.3) is 5.91 Å². The molecule has 0 aliphatic heterocycles. The van der Waals surface area contributed by atoms with Crippen molar-refractivity contribution < 1.29 is 4.79 Å². The van der Waals surface area contributed by atoms with Crippen molar-refractivity contribution in [1.29, 1.82) is 5.26 Å². The van der Waals surface area contributed by atoms with E-state index in [2.05, 4.69) is 5.32 Å². The first kappa shape index (κ1) is 14.5. The van der Waals surface area contributed by atoms with Gasteiger partial charge in [-0.25, -0.2) is 0 Å². The van der Waals surface area contributed by atoms with Gasteiger partial charge in [-0.3, -0.25) is 4.79 Å². The maximum Gasteiger partial charge on any atom is 0.266 e. The molecule has 1 amide bonds. The topological polar surface area (TPSA) is 52.9 Å². The maximum atomic E-state index is 12.1. The molecule has 0 unspecified atom stereocenters. The van der Waals surface area contributed by atoms with Gasteiger partial charge in [-0.05, 0) is 37.6 Å². The van der Waals surface area contributed by atoms with Crippen molar-refractivity contribution >= 4 is 17.7 Å². The first-order valence-electron chi connectivity index (χ1n) is 6.65. The van der Waals surface area contributed by atoms with E-state index in [0.29, 0.717) is 5.69 Å². The van der Waals surface area contributed by atoms with Crippen molar-refractivity contribution in [3.63, 3.8) is 0 Å². The highest BCUT2D eigenvalue weighted by Gasteiger charge is 2.09. The largest absolute Gasteiger partial charge is 0.321 e. The molecule has 0 aromatic heterocycles. The summed E-state index contributed by atoms with van der Waals surface area (Å²) in [5, 5.41) is 11.9. The second-order valence-electron chi connectivity index (χ2n) is 4.90. The third kappa shape index (κ3) is 4.05. The van der Waals surface area contributed by atoms with Crippen LogP contribution in [0.1, 0.15) is 16.7 Å². The van der Waals surface area contributed by atoms with Gasteiger partial charge in [0.15, 0.2) is 0 Å². The molecule has 21 heavy (non-hydrogen) atoms. The van der Waals surface area contributed by atoms with Gasteiger partial charge in [0, 0.05) is 5.69 Å². The maximum absolute atomic E-state index is 12.1. The SMILES string of the molecule is Cc1ccc(NC(=O)/C(C#N)=C/c2cccc(C)c2)cc1. The Balaban J connectivity index is 2.19. The minimum Gasteiger partial charge on any atom is -0.321 e. The predicted molar refractivity (Wildman–Crippen MR) is 84.6 cm³/mol. The number of amides is 1. The van der Waals surface area contributed by atoms with Gasteiger partial charge < -0.3 is 5.32 Å². The first-order chi connectivity index (χ1) is 10.1. The van der Waals surface area contributed by atoms with Crippen LogP contribution in [0.3, 0.4) is 0 Å². The van der Waals surface area contributed by atoms with E-state index in [9.17, 15) is 10.1 Å². The third-order valence-corrected chi connectivity index (χ3v) is 3.03. The molecule has 0 fully saturated rings. The zero-order valence-corrected chi connectivity index (χ0v) is 12.1. The Labute approximate surface area is 124 Å². The Bertz CT molecular complexity index is 722. The summed E-state index contributed by atoms with van der Waals surface area (Å²) < 4.78 is 0. The number of hydrogen-bond acceptors (Lipinski definition) is 2. The van der Waals surface area contributed by atoms with Crippen LogP contribution in [0.25, 0.3) is 6.08 Å². The zero-order valence-electron chi connectivity index (χ0n) is 12.1. The van der Waals surface area contributed by atoms with Crippen LogP contribution < -0.4 is 5.32 Å². The van der Waals surface area contributed by atoms with Crippen molar-refractivity contribution in [2.24, 2.45) is 0 Å². The van der Waals surface area contributed by atoms with E-state index in [-0.39, 0.29) is 5.57 Å². The number of nitriles is 1. The summed E-state index contributed by atoms with van der Waals surface area (Å²) in [5.74, 6) is -0.400. The Morgan fingerprint density at radius 3 is 2.43 bits per heavy atom. The molecule has 2 aromatic rings. The monoisotopic (exact) mass is 276 g/mol. The molecule has 0 aliphatic carbocycles. The summed E-state index contributed by atoms with van der Waals surface area (Å²) in [5.41, 5.74) is 3.80. The fourth-order valence-corrected chi connectivity index (χ4v) is 1.91. The van der Waals surface area contributed by atoms with E-state index in [1.54, 1.807) is 6.08 Å². The van der Waals surface area contributed by atoms with Crippen LogP contribution in [-0.4, -0.2) is 5.91 Å². The van der Waals surface area contributed by atoms with E-state index in [1.807, 2.05) is 68.4 Å². The van der Waals surface area contributed by atoms with Crippen molar-refractivity contribution in [1.82, 2.24) is 0 Å². The van der Waals surface area contributed by atoms with Crippen molar-refractivity contribution in [3.05, 3.63) is 70.8 Å². The van der Waals surface area contributed by atoms with E-state index < -0.39 is 5.91 Å². The molecule has 2 rings (SSSR count). The van der Waals surface area contributed by atoms with Gasteiger partial charge in [0.05, 0.1) is 0 Å². The normalized spacial score (nSPS) is 10.8. The molecule has 1 N–H and O–H groups in total. The zero-order chi connectivity index (χ0) is 15.2. The predicted octanol–water partition coefficient (Wildman–Crippen LogP) is 3.85. The average Bonchev–Trinajstić information content (AvgIpc) is 2.47. The van der Waals surface area contributed by atoms with E-state index >= 15 is 0 Å². The lowest BCUT2D eigenvalue weighted by atomic mass is 10.1. The molecule has 104 valence electrons. The summed E-state index contributed by atoms with van der Waals surface area (Å²) >= 11 is 0. The summed E-state index contributed by atoms with van der Waals surface area (Å²) in [6.07, 6.45) is 1.59. The molecule has 3 heteroatoms. The molecule has 0 saturated carbocycles. The summed E-state index contributed by atoms with van der Waals surface area (Å²) in [4.78, 5) is 12.1. The molecule has 0 saturated heterocycles. The van der Waals surface area contributed by atoms with Gasteiger partial charge >= 0.3 is 0 Å². The highest BCUT2D eigenvalue weighted by molar-refractivity contribution is 6.09.